The third kappa shape index (κ3) is 9.08. The Morgan fingerprint density at radius 3 is 2.62 bits per heavy atom. The molecule has 2 N–H and O–H groups in total. The summed E-state index contributed by atoms with van der Waals surface area (Å²) in [5.74, 6) is 0.907. The van der Waals surface area contributed by atoms with E-state index in [4.69, 9.17) is 4.74 Å². The van der Waals surface area contributed by atoms with Gasteiger partial charge in [0.1, 0.15) is 0 Å². The quantitative estimate of drug-likeness (QED) is 0.396. The zero-order chi connectivity index (χ0) is 15.2. The maximum absolute atomic E-state index is 5.32. The molecule has 1 aromatic rings. The van der Waals surface area contributed by atoms with Crippen molar-refractivity contribution in [2.75, 3.05) is 32.8 Å². The molecule has 1 rings (SSSR count). The Kier molecular flexibility index (Phi) is 10.2. The summed E-state index contributed by atoms with van der Waals surface area (Å²) in [4.78, 5) is 4.58. The molecule has 1 aromatic carbocycles. The highest BCUT2D eigenvalue weighted by Crippen LogP contribution is 1.98. The van der Waals surface area contributed by atoms with Gasteiger partial charge >= 0.3 is 0 Å². The Bertz CT molecular complexity index is 379. The van der Waals surface area contributed by atoms with Crippen LogP contribution in [0.3, 0.4) is 0 Å². The Hall–Kier alpha value is -1.55. The van der Waals surface area contributed by atoms with E-state index in [-0.39, 0.29) is 0 Å². The summed E-state index contributed by atoms with van der Waals surface area (Å²) < 4.78 is 5.32. The lowest BCUT2D eigenvalue weighted by atomic mass is 10.1. The van der Waals surface area contributed by atoms with E-state index in [1.807, 2.05) is 13.0 Å². The molecule has 0 aliphatic carbocycles. The van der Waals surface area contributed by atoms with Crippen molar-refractivity contribution >= 4 is 5.96 Å². The zero-order valence-electron chi connectivity index (χ0n) is 13.4. The van der Waals surface area contributed by atoms with Crippen molar-refractivity contribution in [3.63, 3.8) is 0 Å². The van der Waals surface area contributed by atoms with Gasteiger partial charge in [0.2, 0.25) is 0 Å². The Morgan fingerprint density at radius 1 is 1.10 bits per heavy atom. The van der Waals surface area contributed by atoms with E-state index in [1.165, 1.54) is 5.56 Å². The Morgan fingerprint density at radius 2 is 1.90 bits per heavy atom. The van der Waals surface area contributed by atoms with E-state index in [1.54, 1.807) is 0 Å². The molecule has 0 fully saturated rings. The molecule has 21 heavy (non-hydrogen) atoms. The largest absolute Gasteiger partial charge is 0.382 e. The second-order valence-electron chi connectivity index (χ2n) is 4.83. The third-order valence-corrected chi connectivity index (χ3v) is 3.06. The van der Waals surface area contributed by atoms with E-state index in [9.17, 15) is 0 Å². The molecule has 0 aliphatic rings. The first-order valence-electron chi connectivity index (χ1n) is 8.00. The number of unbranched alkanes of at least 4 members (excludes halogenated alkanes) is 1. The SMILES string of the molecule is CCNC(=NCCCCOCC)NCCc1ccccc1. The van der Waals surface area contributed by atoms with E-state index < -0.39 is 0 Å². The van der Waals surface area contributed by atoms with Crippen molar-refractivity contribution in [3.05, 3.63) is 35.9 Å². The van der Waals surface area contributed by atoms with Crippen LogP contribution in [0, 0.1) is 0 Å². The van der Waals surface area contributed by atoms with Gasteiger partial charge in [-0.15, -0.1) is 0 Å². The average Bonchev–Trinajstić information content (AvgIpc) is 2.51. The molecule has 0 spiro atoms. The molecule has 0 radical (unpaired) electrons. The van der Waals surface area contributed by atoms with Gasteiger partial charge in [0, 0.05) is 32.8 Å². The van der Waals surface area contributed by atoms with Crippen LogP contribution in [0.1, 0.15) is 32.3 Å². The fourth-order valence-corrected chi connectivity index (χ4v) is 1.96. The first-order valence-corrected chi connectivity index (χ1v) is 8.00. The maximum atomic E-state index is 5.32. The predicted molar refractivity (Wildman–Crippen MR) is 89.9 cm³/mol. The van der Waals surface area contributed by atoms with Gasteiger partial charge in [-0.2, -0.15) is 0 Å². The van der Waals surface area contributed by atoms with Crippen molar-refractivity contribution in [2.45, 2.75) is 33.1 Å². The van der Waals surface area contributed by atoms with Crippen LogP contribution in [0.4, 0.5) is 0 Å². The monoisotopic (exact) mass is 291 g/mol. The molecule has 0 unspecified atom stereocenters. The van der Waals surface area contributed by atoms with Gasteiger partial charge in [-0.1, -0.05) is 30.3 Å². The van der Waals surface area contributed by atoms with Crippen molar-refractivity contribution < 1.29 is 4.74 Å². The van der Waals surface area contributed by atoms with Gasteiger partial charge < -0.3 is 15.4 Å². The molecule has 4 nitrogen and oxygen atoms in total. The van der Waals surface area contributed by atoms with E-state index in [2.05, 4.69) is 46.8 Å². The van der Waals surface area contributed by atoms with Crippen molar-refractivity contribution in [1.82, 2.24) is 10.6 Å². The van der Waals surface area contributed by atoms with Crippen LogP contribution in [-0.2, 0) is 11.2 Å². The molecule has 0 heterocycles. The van der Waals surface area contributed by atoms with Crippen LogP contribution in [0.2, 0.25) is 0 Å². The first-order chi connectivity index (χ1) is 10.4. The fourth-order valence-electron chi connectivity index (χ4n) is 1.96. The van der Waals surface area contributed by atoms with Gasteiger partial charge in [-0.25, -0.2) is 0 Å². The van der Waals surface area contributed by atoms with Gasteiger partial charge in [-0.05, 0) is 38.7 Å². The summed E-state index contributed by atoms with van der Waals surface area (Å²) in [6.07, 6.45) is 3.14. The number of nitrogens with one attached hydrogen (secondary N) is 2. The van der Waals surface area contributed by atoms with Gasteiger partial charge in [0.05, 0.1) is 0 Å². The summed E-state index contributed by atoms with van der Waals surface area (Å²) in [6.45, 7) is 8.37. The minimum absolute atomic E-state index is 0.799. The Labute approximate surface area is 129 Å². The second-order valence-corrected chi connectivity index (χ2v) is 4.83. The van der Waals surface area contributed by atoms with Crippen LogP contribution >= 0.6 is 0 Å². The summed E-state index contributed by atoms with van der Waals surface area (Å²) >= 11 is 0. The molecule has 118 valence electrons. The first kappa shape index (κ1) is 17.5. The molecule has 0 atom stereocenters. The number of rotatable bonds is 10. The number of hydrogen-bond donors (Lipinski definition) is 2. The standard InChI is InChI=1S/C17H29N3O/c1-3-18-17(19-13-8-9-15-21-4-2)20-14-12-16-10-6-5-7-11-16/h5-7,10-11H,3-4,8-9,12-15H2,1-2H3,(H2,18,19,20). The van der Waals surface area contributed by atoms with E-state index in [0.717, 1.165) is 58.1 Å². The number of hydrogen-bond acceptors (Lipinski definition) is 2. The average molecular weight is 291 g/mol. The molecular formula is C17H29N3O. The number of guanidine groups is 1. The van der Waals surface area contributed by atoms with Crippen molar-refractivity contribution in [1.29, 1.82) is 0 Å². The number of ether oxygens (including phenoxy) is 1. The number of benzene rings is 1. The molecule has 0 amide bonds. The zero-order valence-corrected chi connectivity index (χ0v) is 13.4. The summed E-state index contributed by atoms with van der Waals surface area (Å²) in [5.41, 5.74) is 1.34. The highest BCUT2D eigenvalue weighted by Gasteiger charge is 1.97. The summed E-state index contributed by atoms with van der Waals surface area (Å²) in [6, 6.07) is 10.5. The smallest absolute Gasteiger partial charge is 0.191 e. The fraction of sp³-hybridized carbons (Fsp3) is 0.588. The van der Waals surface area contributed by atoms with E-state index >= 15 is 0 Å². The summed E-state index contributed by atoms with van der Waals surface area (Å²) in [5, 5.41) is 6.66. The van der Waals surface area contributed by atoms with Gasteiger partial charge in [0.15, 0.2) is 5.96 Å². The van der Waals surface area contributed by atoms with E-state index in [0.29, 0.717) is 0 Å². The van der Waals surface area contributed by atoms with Crippen LogP contribution < -0.4 is 10.6 Å². The normalized spacial score (nSPS) is 11.4. The molecule has 0 bridgehead atoms. The lowest BCUT2D eigenvalue weighted by molar-refractivity contribution is 0.144. The van der Waals surface area contributed by atoms with Crippen LogP contribution in [0.25, 0.3) is 0 Å². The maximum Gasteiger partial charge on any atom is 0.191 e. The predicted octanol–water partition coefficient (Wildman–Crippen LogP) is 2.60. The van der Waals surface area contributed by atoms with Crippen LogP contribution in [-0.4, -0.2) is 38.8 Å². The lowest BCUT2D eigenvalue weighted by Crippen LogP contribution is -2.38. The second kappa shape index (κ2) is 12.2. The van der Waals surface area contributed by atoms with Crippen LogP contribution in [0.5, 0.6) is 0 Å². The Balaban J connectivity index is 2.22. The molecule has 0 saturated carbocycles. The lowest BCUT2D eigenvalue weighted by Gasteiger charge is -2.11. The minimum atomic E-state index is 0.799. The minimum Gasteiger partial charge on any atom is -0.382 e. The summed E-state index contributed by atoms with van der Waals surface area (Å²) in [7, 11) is 0. The molecule has 0 aliphatic heterocycles. The molecule has 4 heteroatoms. The van der Waals surface area contributed by atoms with Crippen LogP contribution in [0.15, 0.2) is 35.3 Å². The number of nitrogens with zero attached hydrogens (tertiary/aromatic N) is 1. The van der Waals surface area contributed by atoms with Crippen molar-refractivity contribution in [3.8, 4) is 0 Å². The highest BCUT2D eigenvalue weighted by atomic mass is 16.5. The van der Waals surface area contributed by atoms with Crippen molar-refractivity contribution in [2.24, 2.45) is 4.99 Å². The van der Waals surface area contributed by atoms with Gasteiger partial charge in [-0.3, -0.25) is 4.99 Å². The highest BCUT2D eigenvalue weighted by molar-refractivity contribution is 5.79. The van der Waals surface area contributed by atoms with Gasteiger partial charge in [0.25, 0.3) is 0 Å². The molecular weight excluding hydrogens is 262 g/mol. The third-order valence-electron chi connectivity index (χ3n) is 3.06. The topological polar surface area (TPSA) is 45.7 Å². The molecule has 0 aromatic heterocycles. The molecule has 0 saturated heterocycles. The number of aliphatic imine (C=N–C) groups is 1.